The van der Waals surface area contributed by atoms with Gasteiger partial charge in [-0.25, -0.2) is 0 Å². The molecule has 2 aromatic rings. The van der Waals surface area contributed by atoms with Crippen LogP contribution in [0.3, 0.4) is 0 Å². The zero-order valence-corrected chi connectivity index (χ0v) is 12.5. The van der Waals surface area contributed by atoms with Crippen LogP contribution in [0.25, 0.3) is 0 Å². The number of hydrogen-bond donors (Lipinski definition) is 2. The van der Waals surface area contributed by atoms with Crippen molar-refractivity contribution in [3.05, 3.63) is 64.7 Å². The number of amides is 1. The van der Waals surface area contributed by atoms with Gasteiger partial charge in [0.25, 0.3) is 5.91 Å². The molecule has 0 saturated carbocycles. The summed E-state index contributed by atoms with van der Waals surface area (Å²) in [6, 6.07) is 15.2. The van der Waals surface area contributed by atoms with Gasteiger partial charge in [-0.3, -0.25) is 4.79 Å². The lowest BCUT2D eigenvalue weighted by atomic mass is 9.90. The van der Waals surface area contributed by atoms with Crippen LogP contribution in [0.1, 0.15) is 45.7 Å². The Labute approximate surface area is 134 Å². The summed E-state index contributed by atoms with van der Waals surface area (Å²) in [7, 11) is 0. The number of nitrogens with one attached hydrogen (secondary N) is 1. The number of carbonyl (C=O) groups is 1. The van der Waals surface area contributed by atoms with E-state index in [2.05, 4.69) is 16.3 Å². The highest BCUT2D eigenvalue weighted by Crippen LogP contribution is 2.41. The van der Waals surface area contributed by atoms with Crippen molar-refractivity contribution in [2.45, 2.75) is 18.6 Å². The average molecular weight is 304 g/mol. The van der Waals surface area contributed by atoms with E-state index in [0.717, 1.165) is 29.8 Å². The van der Waals surface area contributed by atoms with Crippen LogP contribution in [0.15, 0.2) is 42.5 Å². The number of benzene rings is 2. The molecular weight excluding hydrogens is 288 g/mol. The maximum atomic E-state index is 12.5. The van der Waals surface area contributed by atoms with Crippen molar-refractivity contribution < 1.29 is 4.79 Å². The second kappa shape index (κ2) is 5.11. The number of nitriles is 1. The third-order valence-corrected chi connectivity index (χ3v) is 4.61. The highest BCUT2D eigenvalue weighted by Gasteiger charge is 2.36. The highest BCUT2D eigenvalue weighted by molar-refractivity contribution is 6.03. The van der Waals surface area contributed by atoms with Gasteiger partial charge >= 0.3 is 0 Å². The largest absolute Gasteiger partial charge is 0.346 e. The molecule has 0 fully saturated rings. The molecule has 2 atom stereocenters. The second-order valence-corrected chi connectivity index (χ2v) is 5.94. The van der Waals surface area contributed by atoms with Gasteiger partial charge in [0.15, 0.2) is 0 Å². The van der Waals surface area contributed by atoms with Crippen LogP contribution in [-0.4, -0.2) is 12.5 Å². The third-order valence-electron chi connectivity index (χ3n) is 4.61. The molecule has 3 N–H and O–H groups in total. The molecule has 0 aromatic heterocycles. The zero-order chi connectivity index (χ0) is 16.0. The lowest BCUT2D eigenvalue weighted by Gasteiger charge is -2.44. The minimum Gasteiger partial charge on any atom is -0.346 e. The van der Waals surface area contributed by atoms with Crippen LogP contribution >= 0.6 is 0 Å². The molecule has 5 nitrogen and oxygen atoms in total. The second-order valence-electron chi connectivity index (χ2n) is 5.94. The normalized spacial score (nSPS) is 22.1. The van der Waals surface area contributed by atoms with Crippen molar-refractivity contribution in [1.82, 2.24) is 5.32 Å². The molecule has 0 aliphatic carbocycles. The first-order chi connectivity index (χ1) is 11.2. The van der Waals surface area contributed by atoms with Crippen molar-refractivity contribution in [2.75, 3.05) is 11.4 Å². The van der Waals surface area contributed by atoms with Gasteiger partial charge in [-0.15, -0.1) is 0 Å². The van der Waals surface area contributed by atoms with E-state index in [-0.39, 0.29) is 18.1 Å². The first-order valence-electron chi connectivity index (χ1n) is 7.65. The molecule has 0 saturated heterocycles. The fourth-order valence-corrected chi connectivity index (χ4v) is 3.45. The standard InChI is InChI=1S/C18H16N4O/c19-10-11-4-6-12(7-5-11)17-21-18(23)14-3-1-2-13-15(20)8-9-22(17)16(13)14/h1-7,15,17H,8-9,20H2,(H,21,23)/t15-,17-/m0/s1. The summed E-state index contributed by atoms with van der Waals surface area (Å²) in [5.74, 6) is -0.0819. The Morgan fingerprint density at radius 3 is 2.74 bits per heavy atom. The topological polar surface area (TPSA) is 82.2 Å². The Morgan fingerprint density at radius 2 is 2.00 bits per heavy atom. The molecule has 0 spiro atoms. The lowest BCUT2D eigenvalue weighted by molar-refractivity contribution is 0.0925. The van der Waals surface area contributed by atoms with Gasteiger partial charge < -0.3 is 16.0 Å². The van der Waals surface area contributed by atoms with Gasteiger partial charge in [0.05, 0.1) is 22.9 Å². The van der Waals surface area contributed by atoms with E-state index in [4.69, 9.17) is 11.0 Å². The summed E-state index contributed by atoms with van der Waals surface area (Å²) in [4.78, 5) is 14.7. The summed E-state index contributed by atoms with van der Waals surface area (Å²) in [6.07, 6.45) is 0.621. The Hall–Kier alpha value is -2.84. The van der Waals surface area contributed by atoms with Gasteiger partial charge in [-0.05, 0) is 35.7 Å². The predicted octanol–water partition coefficient (Wildman–Crippen LogP) is 2.21. The maximum absolute atomic E-state index is 12.5. The molecule has 2 heterocycles. The van der Waals surface area contributed by atoms with Gasteiger partial charge in [0, 0.05) is 12.6 Å². The number of hydrogen-bond acceptors (Lipinski definition) is 4. The first kappa shape index (κ1) is 13.8. The van der Waals surface area contributed by atoms with Crippen molar-refractivity contribution in [1.29, 1.82) is 5.26 Å². The average Bonchev–Trinajstić information content (AvgIpc) is 2.60. The quantitative estimate of drug-likeness (QED) is 0.846. The molecular formula is C18H16N4O. The van der Waals surface area contributed by atoms with Crippen molar-refractivity contribution in [3.63, 3.8) is 0 Å². The number of rotatable bonds is 1. The Balaban J connectivity index is 1.82. The molecule has 1 amide bonds. The number of anilines is 1. The Morgan fingerprint density at radius 1 is 1.22 bits per heavy atom. The molecule has 2 aromatic carbocycles. The van der Waals surface area contributed by atoms with Crippen LogP contribution in [0.2, 0.25) is 0 Å². The number of para-hydroxylation sites is 1. The molecule has 0 bridgehead atoms. The number of carbonyl (C=O) groups excluding carboxylic acids is 1. The number of nitrogens with zero attached hydrogens (tertiary/aromatic N) is 2. The Bertz CT molecular complexity index is 822. The van der Waals surface area contributed by atoms with Gasteiger partial charge in [0.1, 0.15) is 6.17 Å². The van der Waals surface area contributed by atoms with Crippen LogP contribution in [0.4, 0.5) is 5.69 Å². The van der Waals surface area contributed by atoms with Gasteiger partial charge in [-0.2, -0.15) is 5.26 Å². The minimum absolute atomic E-state index is 0.0336. The van der Waals surface area contributed by atoms with Crippen LogP contribution in [0, 0.1) is 11.3 Å². The van der Waals surface area contributed by atoms with Crippen molar-refractivity contribution in [3.8, 4) is 6.07 Å². The van der Waals surface area contributed by atoms with E-state index < -0.39 is 0 Å². The summed E-state index contributed by atoms with van der Waals surface area (Å²) < 4.78 is 0. The van der Waals surface area contributed by atoms with E-state index in [9.17, 15) is 4.79 Å². The molecule has 4 rings (SSSR count). The summed E-state index contributed by atoms with van der Waals surface area (Å²) >= 11 is 0. The summed E-state index contributed by atoms with van der Waals surface area (Å²) in [6.45, 7) is 0.788. The molecule has 0 radical (unpaired) electrons. The SMILES string of the molecule is N#Cc1ccc([C@H]2NC(=O)c3cccc4c3N2CC[C@@H]4N)cc1. The monoisotopic (exact) mass is 304 g/mol. The van der Waals surface area contributed by atoms with Crippen LogP contribution in [0.5, 0.6) is 0 Å². The van der Waals surface area contributed by atoms with Gasteiger partial charge in [-0.1, -0.05) is 24.3 Å². The first-order valence-corrected chi connectivity index (χ1v) is 7.65. The highest BCUT2D eigenvalue weighted by atomic mass is 16.2. The third kappa shape index (κ3) is 2.07. The van der Waals surface area contributed by atoms with E-state index in [1.54, 1.807) is 12.1 Å². The minimum atomic E-state index is -0.226. The van der Waals surface area contributed by atoms with Crippen molar-refractivity contribution >= 4 is 11.6 Å². The molecule has 0 unspecified atom stereocenters. The smallest absolute Gasteiger partial charge is 0.255 e. The lowest BCUT2D eigenvalue weighted by Crippen LogP contribution is -2.49. The Kier molecular flexibility index (Phi) is 3.07. The zero-order valence-electron chi connectivity index (χ0n) is 12.5. The molecule has 5 heteroatoms. The summed E-state index contributed by atoms with van der Waals surface area (Å²) in [5, 5.41) is 12.0. The molecule has 114 valence electrons. The van der Waals surface area contributed by atoms with E-state index in [1.165, 1.54) is 0 Å². The van der Waals surface area contributed by atoms with E-state index >= 15 is 0 Å². The van der Waals surface area contributed by atoms with E-state index in [1.807, 2.05) is 30.3 Å². The fraction of sp³-hybridized carbons (Fsp3) is 0.222. The molecule has 2 aliphatic rings. The molecule has 2 aliphatic heterocycles. The van der Waals surface area contributed by atoms with Gasteiger partial charge in [0.2, 0.25) is 0 Å². The maximum Gasteiger partial charge on any atom is 0.255 e. The van der Waals surface area contributed by atoms with Crippen molar-refractivity contribution in [2.24, 2.45) is 5.73 Å². The van der Waals surface area contributed by atoms with Crippen LogP contribution < -0.4 is 16.0 Å². The molecule has 23 heavy (non-hydrogen) atoms. The van der Waals surface area contributed by atoms with E-state index in [0.29, 0.717) is 11.1 Å². The predicted molar refractivity (Wildman–Crippen MR) is 86.7 cm³/mol. The number of nitrogens with two attached hydrogens (primary N) is 1. The fourth-order valence-electron chi connectivity index (χ4n) is 3.45. The summed E-state index contributed by atoms with van der Waals surface area (Å²) in [5.41, 5.74) is 10.5. The van der Waals surface area contributed by atoms with Crippen LogP contribution in [-0.2, 0) is 0 Å².